The molecule has 27 heavy (non-hydrogen) atoms. The second-order valence-corrected chi connectivity index (χ2v) is 7.91. The molecule has 1 aromatic carbocycles. The number of nitrogens with one attached hydrogen (secondary N) is 1. The van der Waals surface area contributed by atoms with Crippen LogP contribution in [-0.2, 0) is 13.0 Å². The monoisotopic (exact) mass is 366 g/mol. The van der Waals surface area contributed by atoms with Crippen LogP contribution < -0.4 is 20.5 Å². The normalized spacial score (nSPS) is 19.1. The van der Waals surface area contributed by atoms with Crippen LogP contribution in [0.15, 0.2) is 23.0 Å². The zero-order valence-electron chi connectivity index (χ0n) is 15.8. The van der Waals surface area contributed by atoms with E-state index in [9.17, 15) is 4.79 Å². The van der Waals surface area contributed by atoms with E-state index in [-0.39, 0.29) is 5.56 Å². The molecule has 2 aromatic rings. The predicted molar refractivity (Wildman–Crippen MR) is 106 cm³/mol. The molecule has 1 N–H and O–H groups in total. The van der Waals surface area contributed by atoms with Crippen LogP contribution in [0.4, 0.5) is 5.69 Å². The summed E-state index contributed by atoms with van der Waals surface area (Å²) in [6.07, 6.45) is 3.35. The summed E-state index contributed by atoms with van der Waals surface area (Å²) in [5.41, 5.74) is 5.13. The fraction of sp³-hybridized carbons (Fsp3) is 0.524. The van der Waals surface area contributed by atoms with Gasteiger partial charge in [0, 0.05) is 50.3 Å². The van der Waals surface area contributed by atoms with E-state index in [1.54, 1.807) is 4.68 Å². The summed E-state index contributed by atoms with van der Waals surface area (Å²) in [5.74, 6) is 1.58. The third kappa shape index (κ3) is 3.12. The van der Waals surface area contributed by atoms with Crippen molar-refractivity contribution < 1.29 is 4.74 Å². The molecule has 5 rings (SSSR count). The maximum absolute atomic E-state index is 13.2. The van der Waals surface area contributed by atoms with Crippen molar-refractivity contribution in [2.24, 2.45) is 5.92 Å². The number of rotatable bonds is 4. The Morgan fingerprint density at radius 3 is 2.85 bits per heavy atom. The molecule has 1 aromatic heterocycles. The van der Waals surface area contributed by atoms with Gasteiger partial charge in [-0.2, -0.15) is 5.10 Å². The summed E-state index contributed by atoms with van der Waals surface area (Å²) < 4.78 is 7.37. The molecule has 1 saturated carbocycles. The molecule has 6 nitrogen and oxygen atoms in total. The summed E-state index contributed by atoms with van der Waals surface area (Å²) in [6.45, 7) is 7.08. The highest BCUT2D eigenvalue weighted by molar-refractivity contribution is 5.71. The zero-order valence-corrected chi connectivity index (χ0v) is 15.8. The minimum atomic E-state index is 0.0644. The molecule has 0 spiro atoms. The van der Waals surface area contributed by atoms with E-state index in [1.165, 1.54) is 18.4 Å². The van der Waals surface area contributed by atoms with Gasteiger partial charge in [-0.25, -0.2) is 4.68 Å². The van der Waals surface area contributed by atoms with Crippen LogP contribution in [0.25, 0.3) is 11.3 Å². The quantitative estimate of drug-likeness (QED) is 0.897. The fourth-order valence-electron chi connectivity index (χ4n) is 4.17. The third-order valence-corrected chi connectivity index (χ3v) is 5.89. The van der Waals surface area contributed by atoms with E-state index >= 15 is 0 Å². The Hall–Kier alpha value is -2.34. The van der Waals surface area contributed by atoms with Gasteiger partial charge in [-0.05, 0) is 49.4 Å². The highest BCUT2D eigenvalue weighted by atomic mass is 16.5. The van der Waals surface area contributed by atoms with Gasteiger partial charge in [0.25, 0.3) is 5.56 Å². The lowest BCUT2D eigenvalue weighted by atomic mass is 10.0. The molecule has 0 unspecified atom stereocenters. The number of benzene rings is 1. The Kier molecular flexibility index (Phi) is 4.16. The van der Waals surface area contributed by atoms with E-state index in [2.05, 4.69) is 22.3 Å². The number of aromatic nitrogens is 2. The molecule has 0 amide bonds. The van der Waals surface area contributed by atoms with Gasteiger partial charge < -0.3 is 15.0 Å². The summed E-state index contributed by atoms with van der Waals surface area (Å²) >= 11 is 0. The van der Waals surface area contributed by atoms with Crippen molar-refractivity contribution in [3.63, 3.8) is 0 Å². The van der Waals surface area contributed by atoms with Crippen molar-refractivity contribution in [3.8, 4) is 17.0 Å². The van der Waals surface area contributed by atoms with Crippen molar-refractivity contribution in [3.05, 3.63) is 39.7 Å². The van der Waals surface area contributed by atoms with Crippen molar-refractivity contribution in [1.29, 1.82) is 0 Å². The first-order valence-corrected chi connectivity index (χ1v) is 10.0. The topological polar surface area (TPSA) is 59.4 Å². The van der Waals surface area contributed by atoms with E-state index in [1.807, 2.05) is 13.0 Å². The SMILES string of the molecule is Cc1c(-c2ccc3c(c2)CCO3)nn(CC2CC2)c(=O)c1N1CCNCC1. The predicted octanol–water partition coefficient (Wildman–Crippen LogP) is 1.97. The molecule has 2 fully saturated rings. The Labute approximate surface area is 159 Å². The molecule has 0 atom stereocenters. The average molecular weight is 366 g/mol. The number of anilines is 1. The second-order valence-electron chi connectivity index (χ2n) is 7.91. The number of hydrogen-bond donors (Lipinski definition) is 1. The smallest absolute Gasteiger partial charge is 0.290 e. The molecule has 0 radical (unpaired) electrons. The number of fused-ring (bicyclic) bond motifs is 1. The lowest BCUT2D eigenvalue weighted by Gasteiger charge is -2.31. The van der Waals surface area contributed by atoms with Gasteiger partial charge in [0.15, 0.2) is 0 Å². The van der Waals surface area contributed by atoms with Crippen LogP contribution >= 0.6 is 0 Å². The summed E-state index contributed by atoms with van der Waals surface area (Å²) in [7, 11) is 0. The molecule has 0 bridgehead atoms. The van der Waals surface area contributed by atoms with Crippen LogP contribution in [-0.4, -0.2) is 42.6 Å². The minimum Gasteiger partial charge on any atom is -0.493 e. The summed E-state index contributed by atoms with van der Waals surface area (Å²) in [5, 5.41) is 8.20. The maximum Gasteiger partial charge on any atom is 0.290 e. The molecule has 1 aliphatic carbocycles. The first-order valence-electron chi connectivity index (χ1n) is 10.0. The van der Waals surface area contributed by atoms with Crippen molar-refractivity contribution in [2.75, 3.05) is 37.7 Å². The van der Waals surface area contributed by atoms with E-state index in [4.69, 9.17) is 9.84 Å². The minimum absolute atomic E-state index is 0.0644. The summed E-state index contributed by atoms with van der Waals surface area (Å²) in [4.78, 5) is 15.5. The molecule has 142 valence electrons. The molecule has 3 heterocycles. The van der Waals surface area contributed by atoms with Crippen LogP contribution in [0.3, 0.4) is 0 Å². The van der Waals surface area contributed by atoms with Crippen LogP contribution in [0, 0.1) is 12.8 Å². The van der Waals surface area contributed by atoms with Crippen LogP contribution in [0.2, 0.25) is 0 Å². The Morgan fingerprint density at radius 1 is 1.26 bits per heavy atom. The van der Waals surface area contributed by atoms with Gasteiger partial charge in [0.2, 0.25) is 0 Å². The number of hydrogen-bond acceptors (Lipinski definition) is 5. The van der Waals surface area contributed by atoms with Crippen molar-refractivity contribution >= 4 is 5.69 Å². The highest BCUT2D eigenvalue weighted by Gasteiger charge is 2.27. The number of piperazine rings is 1. The first kappa shape index (κ1) is 16.8. The lowest BCUT2D eigenvalue weighted by molar-refractivity contribution is 0.357. The highest BCUT2D eigenvalue weighted by Crippen LogP contribution is 2.34. The molecular formula is C21H26N4O2. The first-order chi connectivity index (χ1) is 13.2. The van der Waals surface area contributed by atoms with Gasteiger partial charge >= 0.3 is 0 Å². The molecule has 3 aliphatic rings. The third-order valence-electron chi connectivity index (χ3n) is 5.89. The maximum atomic E-state index is 13.2. The van der Waals surface area contributed by atoms with Gasteiger partial charge in [-0.15, -0.1) is 0 Å². The Balaban J connectivity index is 1.64. The molecule has 6 heteroatoms. The number of nitrogens with zero attached hydrogens (tertiary/aromatic N) is 3. The van der Waals surface area contributed by atoms with Crippen molar-refractivity contribution in [1.82, 2.24) is 15.1 Å². The Morgan fingerprint density at radius 2 is 2.07 bits per heavy atom. The molecular weight excluding hydrogens is 340 g/mol. The van der Waals surface area contributed by atoms with E-state index in [0.29, 0.717) is 5.92 Å². The standard InChI is InChI=1S/C21H26N4O2/c1-14-19(17-4-5-18-16(12-17)6-11-27-18)23-25(13-15-2-3-15)21(26)20(14)24-9-7-22-8-10-24/h4-5,12,15,22H,2-3,6-11,13H2,1H3. The van der Waals surface area contributed by atoms with Crippen LogP contribution in [0.5, 0.6) is 5.75 Å². The largest absolute Gasteiger partial charge is 0.493 e. The van der Waals surface area contributed by atoms with E-state index in [0.717, 1.165) is 74.0 Å². The van der Waals surface area contributed by atoms with Crippen molar-refractivity contribution in [2.45, 2.75) is 32.7 Å². The van der Waals surface area contributed by atoms with Gasteiger partial charge in [0.1, 0.15) is 11.4 Å². The van der Waals surface area contributed by atoms with E-state index < -0.39 is 0 Å². The van der Waals surface area contributed by atoms with Crippen LogP contribution in [0.1, 0.15) is 24.0 Å². The molecule has 1 saturated heterocycles. The summed E-state index contributed by atoms with van der Waals surface area (Å²) in [6, 6.07) is 6.30. The van der Waals surface area contributed by atoms with Gasteiger partial charge in [0.05, 0.1) is 12.3 Å². The fourth-order valence-corrected chi connectivity index (χ4v) is 4.17. The zero-order chi connectivity index (χ0) is 18.4. The molecule has 2 aliphatic heterocycles. The van der Waals surface area contributed by atoms with Gasteiger partial charge in [-0.3, -0.25) is 4.79 Å². The number of ether oxygens (including phenoxy) is 1. The second kappa shape index (κ2) is 6.68. The van der Waals surface area contributed by atoms with Gasteiger partial charge in [-0.1, -0.05) is 0 Å². The Bertz CT molecular complexity index is 927. The lowest BCUT2D eigenvalue weighted by Crippen LogP contribution is -2.46. The average Bonchev–Trinajstić information content (AvgIpc) is 3.38.